The van der Waals surface area contributed by atoms with Crippen LogP contribution in [0.2, 0.25) is 0 Å². The number of hydrogen-bond donors (Lipinski definition) is 1. The molecule has 1 aliphatic rings. The molecule has 4 nitrogen and oxygen atoms in total. The van der Waals surface area contributed by atoms with Crippen molar-refractivity contribution in [2.24, 2.45) is 0 Å². The van der Waals surface area contributed by atoms with E-state index < -0.39 is 0 Å². The van der Waals surface area contributed by atoms with E-state index in [0.717, 1.165) is 31.5 Å². The first-order chi connectivity index (χ1) is 8.22. The minimum Gasteiger partial charge on any atom is -0.468 e. The van der Waals surface area contributed by atoms with Crippen molar-refractivity contribution in [1.29, 1.82) is 0 Å². The second-order valence-electron chi connectivity index (χ2n) is 4.34. The zero-order valence-corrected chi connectivity index (χ0v) is 10.1. The highest BCUT2D eigenvalue weighted by molar-refractivity contribution is 5.77. The van der Waals surface area contributed by atoms with E-state index in [1.54, 1.807) is 0 Å². The van der Waals surface area contributed by atoms with E-state index in [4.69, 9.17) is 10.5 Å². The molecule has 0 radical (unpaired) electrons. The standard InChI is InChI=1S/C13H18N2O2/c1-17-13(16)12(15-8-2-3-9-15)10-4-6-11(14)7-5-10/h4-7,12H,2-3,8-9,14H2,1H3. The maximum atomic E-state index is 11.9. The summed E-state index contributed by atoms with van der Waals surface area (Å²) in [7, 11) is 1.43. The molecule has 4 heteroatoms. The van der Waals surface area contributed by atoms with Gasteiger partial charge in [0.05, 0.1) is 7.11 Å². The molecule has 0 saturated carbocycles. The van der Waals surface area contributed by atoms with Crippen LogP contribution in [0.15, 0.2) is 24.3 Å². The Balaban J connectivity index is 2.25. The van der Waals surface area contributed by atoms with Crippen molar-refractivity contribution in [1.82, 2.24) is 4.90 Å². The minimum absolute atomic E-state index is 0.198. The largest absolute Gasteiger partial charge is 0.468 e. The molecule has 1 aliphatic heterocycles. The Morgan fingerprint density at radius 1 is 1.29 bits per heavy atom. The van der Waals surface area contributed by atoms with Gasteiger partial charge in [-0.3, -0.25) is 4.90 Å². The highest BCUT2D eigenvalue weighted by Crippen LogP contribution is 2.26. The second-order valence-corrected chi connectivity index (χ2v) is 4.34. The van der Waals surface area contributed by atoms with E-state index in [0.29, 0.717) is 5.69 Å². The van der Waals surface area contributed by atoms with Gasteiger partial charge in [-0.05, 0) is 43.6 Å². The lowest BCUT2D eigenvalue weighted by molar-refractivity contribution is -0.146. The summed E-state index contributed by atoms with van der Waals surface area (Å²) in [6.45, 7) is 1.90. The van der Waals surface area contributed by atoms with Crippen molar-refractivity contribution < 1.29 is 9.53 Å². The number of carbonyl (C=O) groups excluding carboxylic acids is 1. The van der Waals surface area contributed by atoms with Crippen LogP contribution in [-0.4, -0.2) is 31.1 Å². The van der Waals surface area contributed by atoms with E-state index >= 15 is 0 Å². The summed E-state index contributed by atoms with van der Waals surface area (Å²) in [6, 6.07) is 7.15. The van der Waals surface area contributed by atoms with Gasteiger partial charge in [0, 0.05) is 5.69 Å². The first-order valence-corrected chi connectivity index (χ1v) is 5.89. The smallest absolute Gasteiger partial charge is 0.327 e. The molecule has 1 fully saturated rings. The number of esters is 1. The Kier molecular flexibility index (Phi) is 3.64. The number of nitrogens with zero attached hydrogens (tertiary/aromatic N) is 1. The molecule has 0 aromatic heterocycles. The maximum absolute atomic E-state index is 11.9. The number of benzene rings is 1. The summed E-state index contributed by atoms with van der Waals surface area (Å²) in [6.07, 6.45) is 2.28. The van der Waals surface area contributed by atoms with Crippen LogP contribution in [0.5, 0.6) is 0 Å². The van der Waals surface area contributed by atoms with E-state index in [9.17, 15) is 4.79 Å². The number of ether oxygens (including phenoxy) is 1. The summed E-state index contributed by atoms with van der Waals surface area (Å²) in [5.74, 6) is -0.198. The molecule has 0 amide bonds. The van der Waals surface area contributed by atoms with Crippen molar-refractivity contribution >= 4 is 11.7 Å². The number of carbonyl (C=O) groups is 1. The summed E-state index contributed by atoms with van der Waals surface area (Å²) in [5.41, 5.74) is 7.32. The normalized spacial score (nSPS) is 17.9. The van der Waals surface area contributed by atoms with Gasteiger partial charge in [0.2, 0.25) is 0 Å². The molecule has 1 atom stereocenters. The number of rotatable bonds is 3. The Morgan fingerprint density at radius 3 is 2.41 bits per heavy atom. The highest BCUT2D eigenvalue weighted by atomic mass is 16.5. The van der Waals surface area contributed by atoms with E-state index in [1.807, 2.05) is 24.3 Å². The number of anilines is 1. The summed E-state index contributed by atoms with van der Waals surface area (Å²) >= 11 is 0. The molecule has 2 N–H and O–H groups in total. The first kappa shape index (κ1) is 11.9. The molecule has 1 saturated heterocycles. The first-order valence-electron chi connectivity index (χ1n) is 5.89. The lowest BCUT2D eigenvalue weighted by Crippen LogP contribution is -2.32. The quantitative estimate of drug-likeness (QED) is 0.637. The third-order valence-corrected chi connectivity index (χ3v) is 3.18. The van der Waals surface area contributed by atoms with E-state index in [-0.39, 0.29) is 12.0 Å². The Bertz CT molecular complexity index is 383. The van der Waals surface area contributed by atoms with Gasteiger partial charge in [0.25, 0.3) is 0 Å². The van der Waals surface area contributed by atoms with Crippen LogP contribution in [0.4, 0.5) is 5.69 Å². The fourth-order valence-electron chi connectivity index (χ4n) is 2.29. The Morgan fingerprint density at radius 2 is 1.88 bits per heavy atom. The number of methoxy groups -OCH3 is 1. The van der Waals surface area contributed by atoms with Crippen molar-refractivity contribution in [2.75, 3.05) is 25.9 Å². The Hall–Kier alpha value is -1.55. The van der Waals surface area contributed by atoms with Gasteiger partial charge >= 0.3 is 5.97 Å². The predicted octanol–water partition coefficient (Wildman–Crippen LogP) is 1.58. The zero-order chi connectivity index (χ0) is 12.3. The predicted molar refractivity (Wildman–Crippen MR) is 66.4 cm³/mol. The van der Waals surface area contributed by atoms with Gasteiger partial charge in [-0.2, -0.15) is 0 Å². The molecule has 1 heterocycles. The Labute approximate surface area is 101 Å². The average Bonchev–Trinajstić information content (AvgIpc) is 2.85. The molecule has 17 heavy (non-hydrogen) atoms. The van der Waals surface area contributed by atoms with Gasteiger partial charge in [0.1, 0.15) is 6.04 Å². The topological polar surface area (TPSA) is 55.6 Å². The van der Waals surface area contributed by atoms with Crippen LogP contribution in [0.3, 0.4) is 0 Å². The molecule has 1 aromatic carbocycles. The van der Waals surface area contributed by atoms with Gasteiger partial charge in [-0.25, -0.2) is 4.79 Å². The fraction of sp³-hybridized carbons (Fsp3) is 0.462. The third-order valence-electron chi connectivity index (χ3n) is 3.18. The van der Waals surface area contributed by atoms with Crippen LogP contribution in [0.25, 0.3) is 0 Å². The zero-order valence-electron chi connectivity index (χ0n) is 10.1. The summed E-state index contributed by atoms with van der Waals surface area (Å²) in [5, 5.41) is 0. The second kappa shape index (κ2) is 5.19. The van der Waals surface area contributed by atoms with Crippen LogP contribution in [-0.2, 0) is 9.53 Å². The van der Waals surface area contributed by atoms with Crippen LogP contribution in [0.1, 0.15) is 24.4 Å². The molecule has 0 bridgehead atoms. The van der Waals surface area contributed by atoms with Crippen molar-refractivity contribution in [3.63, 3.8) is 0 Å². The molecule has 2 rings (SSSR count). The summed E-state index contributed by atoms with van der Waals surface area (Å²) in [4.78, 5) is 14.1. The van der Waals surface area contributed by atoms with E-state index in [1.165, 1.54) is 7.11 Å². The fourth-order valence-corrected chi connectivity index (χ4v) is 2.29. The summed E-state index contributed by atoms with van der Waals surface area (Å²) < 4.78 is 4.90. The van der Waals surface area contributed by atoms with Crippen molar-refractivity contribution in [3.05, 3.63) is 29.8 Å². The van der Waals surface area contributed by atoms with Gasteiger partial charge < -0.3 is 10.5 Å². The molecular weight excluding hydrogens is 216 g/mol. The van der Waals surface area contributed by atoms with Crippen LogP contribution in [0, 0.1) is 0 Å². The number of nitrogen functional groups attached to an aromatic ring is 1. The van der Waals surface area contributed by atoms with Gasteiger partial charge in [-0.1, -0.05) is 12.1 Å². The maximum Gasteiger partial charge on any atom is 0.327 e. The number of hydrogen-bond acceptors (Lipinski definition) is 4. The van der Waals surface area contributed by atoms with Crippen molar-refractivity contribution in [3.8, 4) is 0 Å². The number of nitrogens with two attached hydrogens (primary N) is 1. The van der Waals surface area contributed by atoms with E-state index in [2.05, 4.69) is 4.90 Å². The highest BCUT2D eigenvalue weighted by Gasteiger charge is 2.30. The molecule has 1 aromatic rings. The molecule has 0 spiro atoms. The lowest BCUT2D eigenvalue weighted by Gasteiger charge is -2.25. The van der Waals surface area contributed by atoms with Gasteiger partial charge in [0.15, 0.2) is 0 Å². The molecule has 92 valence electrons. The van der Waals surface area contributed by atoms with Crippen LogP contribution < -0.4 is 5.73 Å². The van der Waals surface area contributed by atoms with Crippen molar-refractivity contribution in [2.45, 2.75) is 18.9 Å². The monoisotopic (exact) mass is 234 g/mol. The molecule has 1 unspecified atom stereocenters. The minimum atomic E-state index is -0.289. The molecule has 0 aliphatic carbocycles. The average molecular weight is 234 g/mol. The molecular formula is C13H18N2O2. The lowest BCUT2D eigenvalue weighted by atomic mass is 10.1. The van der Waals surface area contributed by atoms with Gasteiger partial charge in [-0.15, -0.1) is 0 Å². The number of likely N-dealkylation sites (tertiary alicyclic amines) is 1. The third kappa shape index (κ3) is 2.58. The SMILES string of the molecule is COC(=O)C(c1ccc(N)cc1)N1CCCC1. The van der Waals surface area contributed by atoms with Crippen LogP contribution >= 0.6 is 0 Å².